The van der Waals surface area contributed by atoms with E-state index in [0.717, 1.165) is 16.0 Å². The number of rotatable bonds is 4. The standard InChI is InChI=1S/C15H13N3O3S/c1-2-21-10-4-5-11-12(7-10)22-15(17-11)18-14(20)9-3-6-13(19)16-8-9/h3-8H,2H2,1H3,(H,16,19)(H,17,18,20). The molecule has 3 aromatic rings. The molecule has 22 heavy (non-hydrogen) atoms. The molecule has 0 fully saturated rings. The summed E-state index contributed by atoms with van der Waals surface area (Å²) in [6.45, 7) is 2.52. The average molecular weight is 315 g/mol. The highest BCUT2D eigenvalue weighted by atomic mass is 32.1. The van der Waals surface area contributed by atoms with E-state index < -0.39 is 0 Å². The first kappa shape index (κ1) is 14.3. The van der Waals surface area contributed by atoms with Crippen LogP contribution in [0.5, 0.6) is 5.75 Å². The van der Waals surface area contributed by atoms with Crippen molar-refractivity contribution in [2.75, 3.05) is 11.9 Å². The molecule has 0 atom stereocenters. The lowest BCUT2D eigenvalue weighted by atomic mass is 10.3. The zero-order valence-corrected chi connectivity index (χ0v) is 12.6. The maximum absolute atomic E-state index is 12.1. The van der Waals surface area contributed by atoms with E-state index in [4.69, 9.17) is 4.74 Å². The van der Waals surface area contributed by atoms with Gasteiger partial charge in [0.2, 0.25) is 5.56 Å². The molecule has 0 aliphatic carbocycles. The molecule has 2 aromatic heterocycles. The predicted molar refractivity (Wildman–Crippen MR) is 85.8 cm³/mol. The van der Waals surface area contributed by atoms with Crippen LogP contribution in [-0.4, -0.2) is 22.5 Å². The Morgan fingerprint density at radius 1 is 1.36 bits per heavy atom. The third kappa shape index (κ3) is 2.99. The van der Waals surface area contributed by atoms with Crippen LogP contribution in [0.25, 0.3) is 10.2 Å². The highest BCUT2D eigenvalue weighted by molar-refractivity contribution is 7.22. The van der Waals surface area contributed by atoms with Crippen molar-refractivity contribution in [3.8, 4) is 5.75 Å². The molecular formula is C15H13N3O3S. The zero-order chi connectivity index (χ0) is 15.5. The van der Waals surface area contributed by atoms with Crippen LogP contribution in [-0.2, 0) is 0 Å². The number of ether oxygens (including phenoxy) is 1. The Bertz CT molecular complexity index is 865. The number of H-pyrrole nitrogens is 1. The van der Waals surface area contributed by atoms with Gasteiger partial charge in [0.1, 0.15) is 5.75 Å². The number of thiazole rings is 1. The maximum atomic E-state index is 12.1. The molecule has 1 aromatic carbocycles. The normalized spacial score (nSPS) is 10.6. The molecule has 3 rings (SSSR count). The highest BCUT2D eigenvalue weighted by Gasteiger charge is 2.10. The lowest BCUT2D eigenvalue weighted by Crippen LogP contribution is -2.14. The van der Waals surface area contributed by atoms with Gasteiger partial charge in [0.05, 0.1) is 22.4 Å². The number of hydrogen-bond acceptors (Lipinski definition) is 5. The minimum atomic E-state index is -0.319. The first-order chi connectivity index (χ1) is 10.7. The summed E-state index contributed by atoms with van der Waals surface area (Å²) in [5.74, 6) is 0.456. The van der Waals surface area contributed by atoms with Crippen LogP contribution in [0.3, 0.4) is 0 Å². The quantitative estimate of drug-likeness (QED) is 0.775. The number of benzene rings is 1. The molecule has 2 N–H and O–H groups in total. The fraction of sp³-hybridized carbons (Fsp3) is 0.133. The van der Waals surface area contributed by atoms with E-state index in [0.29, 0.717) is 17.3 Å². The van der Waals surface area contributed by atoms with Gasteiger partial charge in [0.25, 0.3) is 5.91 Å². The average Bonchev–Trinajstić information content (AvgIpc) is 2.89. The molecule has 6 nitrogen and oxygen atoms in total. The van der Waals surface area contributed by atoms with Crippen LogP contribution >= 0.6 is 11.3 Å². The van der Waals surface area contributed by atoms with Gasteiger partial charge in [-0.3, -0.25) is 14.9 Å². The number of pyridine rings is 1. The van der Waals surface area contributed by atoms with Crippen molar-refractivity contribution in [2.45, 2.75) is 6.92 Å². The van der Waals surface area contributed by atoms with Crippen molar-refractivity contribution < 1.29 is 9.53 Å². The second kappa shape index (κ2) is 5.98. The summed E-state index contributed by atoms with van der Waals surface area (Å²) in [5.41, 5.74) is 0.916. The number of aromatic nitrogens is 2. The van der Waals surface area contributed by atoms with Gasteiger partial charge < -0.3 is 9.72 Å². The second-order valence-electron chi connectivity index (χ2n) is 4.48. The molecule has 0 saturated carbocycles. The zero-order valence-electron chi connectivity index (χ0n) is 11.8. The maximum Gasteiger partial charge on any atom is 0.258 e. The lowest BCUT2D eigenvalue weighted by molar-refractivity contribution is 0.102. The molecule has 0 aliphatic heterocycles. The first-order valence-electron chi connectivity index (χ1n) is 6.69. The van der Waals surface area contributed by atoms with Gasteiger partial charge in [-0.25, -0.2) is 4.98 Å². The Kier molecular flexibility index (Phi) is 3.88. The largest absolute Gasteiger partial charge is 0.494 e. The lowest BCUT2D eigenvalue weighted by Gasteiger charge is -2.00. The van der Waals surface area contributed by atoms with Crippen molar-refractivity contribution in [3.05, 3.63) is 52.4 Å². The molecule has 0 bridgehead atoms. The first-order valence-corrected chi connectivity index (χ1v) is 7.51. The summed E-state index contributed by atoms with van der Waals surface area (Å²) in [6.07, 6.45) is 1.37. The van der Waals surface area contributed by atoms with E-state index in [-0.39, 0.29) is 11.5 Å². The Labute approximate surface area is 129 Å². The molecular weight excluding hydrogens is 302 g/mol. The summed E-state index contributed by atoms with van der Waals surface area (Å²) in [6, 6.07) is 8.37. The summed E-state index contributed by atoms with van der Waals surface area (Å²) >= 11 is 1.37. The molecule has 0 unspecified atom stereocenters. The van der Waals surface area contributed by atoms with Crippen LogP contribution in [0.15, 0.2) is 41.3 Å². The van der Waals surface area contributed by atoms with Gasteiger partial charge in [-0.2, -0.15) is 0 Å². The van der Waals surface area contributed by atoms with Crippen LogP contribution in [0.1, 0.15) is 17.3 Å². The topological polar surface area (TPSA) is 84.1 Å². The van der Waals surface area contributed by atoms with E-state index in [1.165, 1.54) is 29.7 Å². The Balaban J connectivity index is 1.82. The number of anilines is 1. The van der Waals surface area contributed by atoms with Crippen LogP contribution in [0.4, 0.5) is 5.13 Å². The van der Waals surface area contributed by atoms with Crippen molar-refractivity contribution in [1.82, 2.24) is 9.97 Å². The molecule has 0 saturated heterocycles. The smallest absolute Gasteiger partial charge is 0.258 e. The van der Waals surface area contributed by atoms with Gasteiger partial charge in [0, 0.05) is 12.3 Å². The number of nitrogens with one attached hydrogen (secondary N) is 2. The fourth-order valence-corrected chi connectivity index (χ4v) is 2.83. The van der Waals surface area contributed by atoms with Gasteiger partial charge in [0.15, 0.2) is 5.13 Å². The Morgan fingerprint density at radius 2 is 2.23 bits per heavy atom. The van der Waals surface area contributed by atoms with E-state index >= 15 is 0 Å². The van der Waals surface area contributed by atoms with E-state index in [9.17, 15) is 9.59 Å². The molecule has 0 radical (unpaired) electrons. The number of hydrogen-bond donors (Lipinski definition) is 2. The number of nitrogens with zero attached hydrogens (tertiary/aromatic N) is 1. The summed E-state index contributed by atoms with van der Waals surface area (Å²) < 4.78 is 6.38. The van der Waals surface area contributed by atoms with E-state index in [2.05, 4.69) is 15.3 Å². The second-order valence-corrected chi connectivity index (χ2v) is 5.51. The van der Waals surface area contributed by atoms with Crippen LogP contribution in [0, 0.1) is 0 Å². The van der Waals surface area contributed by atoms with Gasteiger partial charge in [-0.15, -0.1) is 0 Å². The number of carbonyl (C=O) groups is 1. The Morgan fingerprint density at radius 3 is 2.95 bits per heavy atom. The highest BCUT2D eigenvalue weighted by Crippen LogP contribution is 2.29. The Hall–Kier alpha value is -2.67. The minimum Gasteiger partial charge on any atom is -0.494 e. The van der Waals surface area contributed by atoms with Gasteiger partial charge in [-0.05, 0) is 31.2 Å². The van der Waals surface area contributed by atoms with Crippen molar-refractivity contribution in [1.29, 1.82) is 0 Å². The van der Waals surface area contributed by atoms with Crippen molar-refractivity contribution >= 4 is 32.6 Å². The monoisotopic (exact) mass is 315 g/mol. The molecule has 1 amide bonds. The number of fused-ring (bicyclic) bond motifs is 1. The predicted octanol–water partition coefficient (Wildman–Crippen LogP) is 2.64. The van der Waals surface area contributed by atoms with Crippen LogP contribution in [0.2, 0.25) is 0 Å². The summed E-state index contributed by atoms with van der Waals surface area (Å²) in [4.78, 5) is 29.9. The number of amides is 1. The minimum absolute atomic E-state index is 0.250. The number of aromatic amines is 1. The SMILES string of the molecule is CCOc1ccc2nc(NC(=O)c3ccc(=O)[nH]c3)sc2c1. The molecule has 2 heterocycles. The van der Waals surface area contributed by atoms with E-state index in [1.807, 2.05) is 25.1 Å². The van der Waals surface area contributed by atoms with Gasteiger partial charge >= 0.3 is 0 Å². The summed E-state index contributed by atoms with van der Waals surface area (Å²) in [5, 5.41) is 3.22. The molecule has 7 heteroatoms. The third-order valence-corrected chi connectivity index (χ3v) is 3.87. The fourth-order valence-electron chi connectivity index (χ4n) is 1.94. The third-order valence-electron chi connectivity index (χ3n) is 2.94. The number of carbonyl (C=O) groups excluding carboxylic acids is 1. The van der Waals surface area contributed by atoms with Gasteiger partial charge in [-0.1, -0.05) is 11.3 Å². The van der Waals surface area contributed by atoms with Crippen molar-refractivity contribution in [3.63, 3.8) is 0 Å². The van der Waals surface area contributed by atoms with Crippen LogP contribution < -0.4 is 15.6 Å². The molecule has 0 spiro atoms. The molecule has 112 valence electrons. The summed E-state index contributed by atoms with van der Waals surface area (Å²) in [7, 11) is 0. The van der Waals surface area contributed by atoms with Crippen molar-refractivity contribution in [2.24, 2.45) is 0 Å². The van der Waals surface area contributed by atoms with E-state index in [1.54, 1.807) is 0 Å². The molecule has 0 aliphatic rings.